The Morgan fingerprint density at radius 2 is 1.77 bits per heavy atom. The molecular weight excluding hydrogens is 440 g/mol. The lowest BCUT2D eigenvalue weighted by atomic mass is 9.42. The van der Waals surface area contributed by atoms with Gasteiger partial charge in [0, 0.05) is 29.2 Å². The van der Waals surface area contributed by atoms with E-state index < -0.39 is 34.9 Å². The van der Waals surface area contributed by atoms with Crippen LogP contribution in [0.15, 0.2) is 22.8 Å². The number of aliphatic hydroxyl groups is 2. The summed E-state index contributed by atoms with van der Waals surface area (Å²) in [4.78, 5) is 26.4. The standard InChI is InChI=1S/C30H46O5/c1-17(2)9-8-10-18(3)19-11-14-28(5)25-20(12-13-27(19,28)4)29(6)22(15-21(25)31)30(7,26(34)35)24(33)16-23(29)32/h9,18-19,22-24,32-33H,8,10-16H2,1-7H3,(H,34,35)/t18?,19-,22-,23-,24-,27-,28+,29-,30?/m1/s1. The fourth-order valence-electron chi connectivity index (χ4n) is 9.14. The van der Waals surface area contributed by atoms with Crippen molar-refractivity contribution in [2.45, 2.75) is 112 Å². The van der Waals surface area contributed by atoms with E-state index in [-0.39, 0.29) is 29.5 Å². The number of allylic oxidation sites excluding steroid dienone is 3. The molecule has 0 aliphatic heterocycles. The van der Waals surface area contributed by atoms with Crippen LogP contribution in [0.3, 0.4) is 0 Å². The Morgan fingerprint density at radius 3 is 2.37 bits per heavy atom. The number of carboxylic acids is 1. The number of hydrogen-bond donors (Lipinski definition) is 3. The molecule has 0 heterocycles. The molecule has 4 rings (SSSR count). The van der Waals surface area contributed by atoms with E-state index in [1.807, 2.05) is 6.92 Å². The summed E-state index contributed by atoms with van der Waals surface area (Å²) in [6, 6.07) is 0. The monoisotopic (exact) mass is 486 g/mol. The van der Waals surface area contributed by atoms with Crippen LogP contribution < -0.4 is 0 Å². The highest BCUT2D eigenvalue weighted by Gasteiger charge is 2.69. The van der Waals surface area contributed by atoms with Gasteiger partial charge in [-0.15, -0.1) is 0 Å². The first kappa shape index (κ1) is 26.6. The van der Waals surface area contributed by atoms with Gasteiger partial charge in [-0.25, -0.2) is 0 Å². The Bertz CT molecular complexity index is 975. The number of Topliss-reactive ketones (excluding diaryl/α,β-unsaturated/α-hetero) is 1. The second kappa shape index (κ2) is 8.55. The molecule has 0 amide bonds. The van der Waals surface area contributed by atoms with E-state index >= 15 is 0 Å². The minimum atomic E-state index is -1.46. The van der Waals surface area contributed by atoms with Crippen LogP contribution in [0.4, 0.5) is 0 Å². The molecule has 4 aliphatic carbocycles. The molecule has 0 aromatic carbocycles. The van der Waals surface area contributed by atoms with Crippen molar-refractivity contribution in [3.63, 3.8) is 0 Å². The third-order valence-corrected chi connectivity index (χ3v) is 11.7. The summed E-state index contributed by atoms with van der Waals surface area (Å²) in [6.45, 7) is 14.9. The summed E-state index contributed by atoms with van der Waals surface area (Å²) in [6.07, 6.45) is 6.36. The van der Waals surface area contributed by atoms with Crippen LogP contribution in [-0.2, 0) is 9.59 Å². The number of aliphatic carboxylic acids is 1. The first-order chi connectivity index (χ1) is 16.2. The number of ketones is 1. The highest BCUT2D eigenvalue weighted by Crippen LogP contribution is 2.71. The van der Waals surface area contributed by atoms with E-state index in [1.165, 1.54) is 5.57 Å². The van der Waals surface area contributed by atoms with Gasteiger partial charge in [0.15, 0.2) is 5.78 Å². The number of carbonyl (C=O) groups is 2. The average molecular weight is 487 g/mol. The van der Waals surface area contributed by atoms with Crippen LogP contribution in [0.2, 0.25) is 0 Å². The lowest BCUT2D eigenvalue weighted by molar-refractivity contribution is -0.192. The molecule has 4 aliphatic rings. The number of carboxylic acid groups (broad SMARTS) is 1. The first-order valence-corrected chi connectivity index (χ1v) is 13.7. The molecule has 5 heteroatoms. The largest absolute Gasteiger partial charge is 0.481 e. The number of rotatable bonds is 5. The molecule has 2 unspecified atom stereocenters. The molecule has 0 bridgehead atoms. The van der Waals surface area contributed by atoms with Crippen molar-refractivity contribution in [3.05, 3.63) is 22.8 Å². The maximum atomic E-state index is 13.9. The van der Waals surface area contributed by atoms with Crippen LogP contribution in [0.1, 0.15) is 99.8 Å². The Hall–Kier alpha value is -1.46. The summed E-state index contributed by atoms with van der Waals surface area (Å²) in [5.74, 6) is -0.559. The van der Waals surface area contributed by atoms with E-state index in [4.69, 9.17) is 0 Å². The number of carbonyl (C=O) groups excluding carboxylic acids is 1. The predicted octanol–water partition coefficient (Wildman–Crippen LogP) is 5.69. The van der Waals surface area contributed by atoms with E-state index in [0.29, 0.717) is 11.8 Å². The van der Waals surface area contributed by atoms with Crippen LogP contribution >= 0.6 is 0 Å². The number of hydrogen-bond acceptors (Lipinski definition) is 4. The van der Waals surface area contributed by atoms with Crippen molar-refractivity contribution in [2.75, 3.05) is 0 Å². The molecule has 0 spiro atoms. The van der Waals surface area contributed by atoms with E-state index in [0.717, 1.165) is 49.7 Å². The van der Waals surface area contributed by atoms with Crippen molar-refractivity contribution in [1.29, 1.82) is 0 Å². The predicted molar refractivity (Wildman–Crippen MR) is 137 cm³/mol. The van der Waals surface area contributed by atoms with Crippen molar-refractivity contribution < 1.29 is 24.9 Å². The molecule has 0 aromatic heterocycles. The summed E-state index contributed by atoms with van der Waals surface area (Å²) >= 11 is 0. The third kappa shape index (κ3) is 3.47. The fraction of sp³-hybridized carbons (Fsp3) is 0.800. The third-order valence-electron chi connectivity index (χ3n) is 11.7. The molecule has 5 nitrogen and oxygen atoms in total. The molecule has 2 fully saturated rings. The highest BCUT2D eigenvalue weighted by molar-refractivity contribution is 6.00. The minimum Gasteiger partial charge on any atom is -0.481 e. The second-order valence-corrected chi connectivity index (χ2v) is 13.4. The molecule has 196 valence electrons. The normalized spacial score (nSPS) is 45.9. The fourth-order valence-corrected chi connectivity index (χ4v) is 9.14. The van der Waals surface area contributed by atoms with Gasteiger partial charge in [-0.2, -0.15) is 0 Å². The molecule has 9 atom stereocenters. The van der Waals surface area contributed by atoms with Crippen LogP contribution in [0.5, 0.6) is 0 Å². The van der Waals surface area contributed by atoms with Crippen LogP contribution in [-0.4, -0.2) is 39.3 Å². The van der Waals surface area contributed by atoms with Crippen molar-refractivity contribution in [3.8, 4) is 0 Å². The Balaban J connectivity index is 1.77. The maximum Gasteiger partial charge on any atom is 0.312 e. The van der Waals surface area contributed by atoms with E-state index in [1.54, 1.807) is 6.92 Å². The summed E-state index contributed by atoms with van der Waals surface area (Å²) in [5.41, 5.74) is 0.706. The second-order valence-electron chi connectivity index (χ2n) is 13.4. The minimum absolute atomic E-state index is 0.00428. The van der Waals surface area contributed by atoms with Crippen molar-refractivity contribution >= 4 is 11.8 Å². The maximum absolute atomic E-state index is 13.9. The Morgan fingerprint density at radius 1 is 1.11 bits per heavy atom. The van der Waals surface area contributed by atoms with Crippen molar-refractivity contribution in [2.24, 2.45) is 39.4 Å². The summed E-state index contributed by atoms with van der Waals surface area (Å²) in [7, 11) is 0. The number of fused-ring (bicyclic) bond motifs is 4. The van der Waals surface area contributed by atoms with Gasteiger partial charge in [-0.3, -0.25) is 9.59 Å². The Labute approximate surface area is 211 Å². The molecule has 3 N–H and O–H groups in total. The quantitative estimate of drug-likeness (QED) is 0.434. The molecule has 2 saturated carbocycles. The smallest absolute Gasteiger partial charge is 0.312 e. The van der Waals surface area contributed by atoms with Gasteiger partial charge in [0.25, 0.3) is 0 Å². The molecule has 0 saturated heterocycles. The SMILES string of the molecule is CC(C)=CCCC(C)[C@H]1CC[C@@]2(C)C3=C(CC[C@]12C)[C@@]1(C)[C@H](O)C[C@@H](O)C(C)(C(=O)O)[C@@H]1CC3=O. The molecule has 0 radical (unpaired) electrons. The van der Waals surface area contributed by atoms with E-state index in [2.05, 4.69) is 40.7 Å². The molecule has 35 heavy (non-hydrogen) atoms. The zero-order chi connectivity index (χ0) is 26.1. The molecule has 0 aromatic rings. The topological polar surface area (TPSA) is 94.8 Å². The first-order valence-electron chi connectivity index (χ1n) is 13.7. The van der Waals surface area contributed by atoms with Gasteiger partial charge >= 0.3 is 5.97 Å². The zero-order valence-corrected chi connectivity index (χ0v) is 22.8. The van der Waals surface area contributed by atoms with Gasteiger partial charge in [0.2, 0.25) is 0 Å². The lowest BCUT2D eigenvalue weighted by Gasteiger charge is -2.62. The van der Waals surface area contributed by atoms with Gasteiger partial charge in [-0.1, -0.05) is 44.9 Å². The zero-order valence-electron chi connectivity index (χ0n) is 22.8. The van der Waals surface area contributed by atoms with Crippen LogP contribution in [0, 0.1) is 39.4 Å². The van der Waals surface area contributed by atoms with Gasteiger partial charge in [0.1, 0.15) is 0 Å². The Kier molecular flexibility index (Phi) is 6.50. The molecular formula is C30H46O5. The summed E-state index contributed by atoms with van der Waals surface area (Å²) in [5, 5.41) is 32.3. The lowest BCUT2D eigenvalue weighted by Crippen LogP contribution is -2.64. The summed E-state index contributed by atoms with van der Waals surface area (Å²) < 4.78 is 0. The average Bonchev–Trinajstić information content (AvgIpc) is 3.04. The van der Waals surface area contributed by atoms with Crippen LogP contribution in [0.25, 0.3) is 0 Å². The van der Waals surface area contributed by atoms with Crippen molar-refractivity contribution in [1.82, 2.24) is 0 Å². The van der Waals surface area contributed by atoms with Gasteiger partial charge in [0.05, 0.1) is 17.6 Å². The van der Waals surface area contributed by atoms with E-state index in [9.17, 15) is 24.9 Å². The highest BCUT2D eigenvalue weighted by atomic mass is 16.4. The van der Waals surface area contributed by atoms with Gasteiger partial charge in [-0.05, 0) is 82.5 Å². The number of aliphatic hydroxyl groups excluding tert-OH is 2. The van der Waals surface area contributed by atoms with Gasteiger partial charge < -0.3 is 15.3 Å².